The molecule has 0 radical (unpaired) electrons. The van der Waals surface area contributed by atoms with Crippen LogP contribution in [0.3, 0.4) is 0 Å². The average molecular weight is 449 g/mol. The van der Waals surface area contributed by atoms with Crippen LogP contribution in [0.5, 0.6) is 5.75 Å². The molecular weight excluding hydrogens is 422 g/mol. The van der Waals surface area contributed by atoms with Gasteiger partial charge in [-0.05, 0) is 19.1 Å². The molecule has 1 saturated heterocycles. The highest BCUT2D eigenvalue weighted by Gasteiger charge is 2.42. The van der Waals surface area contributed by atoms with E-state index in [1.54, 1.807) is 13.0 Å². The molecule has 31 heavy (non-hydrogen) atoms. The van der Waals surface area contributed by atoms with Crippen molar-refractivity contribution in [3.8, 4) is 5.75 Å². The van der Waals surface area contributed by atoms with E-state index in [1.807, 2.05) is 0 Å². The molecule has 5 rings (SSSR count). The van der Waals surface area contributed by atoms with E-state index >= 15 is 0 Å². The number of methoxy groups -OCH3 is 1. The zero-order chi connectivity index (χ0) is 24.0. The molecular formula is C20H23N5O5S. The average Bonchev–Trinajstić information content (AvgIpc) is 3.35. The Hall–Kier alpha value is -2.89. The van der Waals surface area contributed by atoms with Crippen LogP contribution in [0.4, 0.5) is 15.9 Å². The number of oxazole rings is 1. The topological polar surface area (TPSA) is 122 Å². The monoisotopic (exact) mass is 448 g/mol. The van der Waals surface area contributed by atoms with E-state index in [0.717, 1.165) is 10.6 Å². The van der Waals surface area contributed by atoms with Crippen molar-refractivity contribution in [3.05, 3.63) is 28.8 Å². The minimum Gasteiger partial charge on any atom is -0.497 e. The van der Waals surface area contributed by atoms with Gasteiger partial charge in [0.05, 0.1) is 59.7 Å². The number of aliphatic hydroxyl groups excluding tert-OH is 1. The summed E-state index contributed by atoms with van der Waals surface area (Å²) in [5.74, 6) is 0.184. The number of carbonyl (C=O) groups is 1. The Balaban J connectivity index is 1.41. The zero-order valence-corrected chi connectivity index (χ0v) is 17.4. The third-order valence-electron chi connectivity index (χ3n) is 5.33. The molecule has 0 aliphatic carbocycles. The van der Waals surface area contributed by atoms with Crippen LogP contribution in [0.1, 0.15) is 27.6 Å². The second-order valence-electron chi connectivity index (χ2n) is 7.56. The van der Waals surface area contributed by atoms with Crippen molar-refractivity contribution in [2.24, 2.45) is 0 Å². The van der Waals surface area contributed by atoms with Gasteiger partial charge in [0.1, 0.15) is 11.3 Å². The van der Waals surface area contributed by atoms with Crippen LogP contribution in [0.15, 0.2) is 22.6 Å². The molecule has 3 atom stereocenters. The van der Waals surface area contributed by atoms with E-state index in [4.69, 9.17) is 23.1 Å². The summed E-state index contributed by atoms with van der Waals surface area (Å²) in [5, 5.41) is 14.9. The van der Waals surface area contributed by atoms with Crippen molar-refractivity contribution in [1.29, 1.82) is 0 Å². The van der Waals surface area contributed by atoms with Crippen LogP contribution in [0.2, 0.25) is 0 Å². The zero-order valence-electron chi connectivity index (χ0n) is 19.6. The largest absolute Gasteiger partial charge is 0.497 e. The molecule has 10 nitrogen and oxygen atoms in total. The Labute approximate surface area is 186 Å². The summed E-state index contributed by atoms with van der Waals surface area (Å²) in [6.07, 6.45) is 0.588. The predicted molar refractivity (Wildman–Crippen MR) is 115 cm³/mol. The summed E-state index contributed by atoms with van der Waals surface area (Å²) < 4.78 is 38.7. The van der Waals surface area contributed by atoms with Crippen molar-refractivity contribution >= 4 is 39.6 Å². The molecule has 1 aromatic carbocycles. The smallest absolute Gasteiger partial charge is 0.321 e. The highest BCUT2D eigenvalue weighted by atomic mass is 32.1. The van der Waals surface area contributed by atoms with Gasteiger partial charge in [-0.3, -0.25) is 5.32 Å². The lowest BCUT2D eigenvalue weighted by Gasteiger charge is -2.43. The van der Waals surface area contributed by atoms with Crippen molar-refractivity contribution < 1.29 is 27.9 Å². The van der Waals surface area contributed by atoms with Gasteiger partial charge in [-0.15, -0.1) is 0 Å². The number of ether oxygens (including phenoxy) is 2. The van der Waals surface area contributed by atoms with Gasteiger partial charge >= 0.3 is 6.03 Å². The van der Waals surface area contributed by atoms with Gasteiger partial charge in [-0.2, -0.15) is 4.98 Å². The Morgan fingerprint density at radius 2 is 2.39 bits per heavy atom. The third kappa shape index (κ3) is 3.68. The van der Waals surface area contributed by atoms with E-state index in [2.05, 4.69) is 25.5 Å². The maximum atomic E-state index is 12.1. The van der Waals surface area contributed by atoms with E-state index in [-0.39, 0.29) is 30.5 Å². The number of fused-ring (bicyclic) bond motifs is 5. The summed E-state index contributed by atoms with van der Waals surface area (Å²) in [6.45, 7) is 2.41. The Morgan fingerprint density at radius 1 is 1.48 bits per heavy atom. The van der Waals surface area contributed by atoms with Crippen LogP contribution >= 0.6 is 11.3 Å². The number of urea groups is 1. The number of benzene rings is 1. The van der Waals surface area contributed by atoms with E-state index in [9.17, 15) is 4.79 Å². The van der Waals surface area contributed by atoms with E-state index in [0.29, 0.717) is 41.9 Å². The number of carbonyl (C=O) groups excluding carboxylic acids is 1. The maximum Gasteiger partial charge on any atom is 0.321 e. The summed E-state index contributed by atoms with van der Waals surface area (Å²) >= 11 is 1.36. The summed E-state index contributed by atoms with van der Waals surface area (Å²) in [4.78, 5) is 24.4. The molecule has 0 saturated carbocycles. The van der Waals surface area contributed by atoms with Gasteiger partial charge < -0.3 is 29.2 Å². The molecule has 2 aromatic heterocycles. The summed E-state index contributed by atoms with van der Waals surface area (Å²) in [6, 6.07) is 4.05. The number of aliphatic hydroxyl groups is 1. The lowest BCUT2D eigenvalue weighted by Crippen LogP contribution is -2.51. The fraction of sp³-hybridized carbons (Fsp3) is 0.450. The number of rotatable bonds is 5. The normalized spacial score (nSPS) is 22.8. The van der Waals surface area contributed by atoms with Crippen LogP contribution in [0.25, 0.3) is 11.1 Å². The number of thiazole rings is 1. The molecule has 3 aromatic rings. The van der Waals surface area contributed by atoms with Crippen LogP contribution in [-0.2, 0) is 11.2 Å². The first-order chi connectivity index (χ1) is 16.2. The van der Waals surface area contributed by atoms with Crippen LogP contribution < -0.4 is 20.3 Å². The molecule has 2 aliphatic rings. The molecule has 2 amide bonds. The van der Waals surface area contributed by atoms with Gasteiger partial charge in [0.2, 0.25) is 0 Å². The molecule has 2 aliphatic heterocycles. The van der Waals surface area contributed by atoms with Crippen molar-refractivity contribution in [2.45, 2.75) is 31.5 Å². The minimum absolute atomic E-state index is 0.0596. The summed E-state index contributed by atoms with van der Waals surface area (Å²) in [7, 11) is -2.55. The first-order valence-electron chi connectivity index (χ1n) is 11.3. The SMILES string of the molecule is [2H]C([2H])([2H])Oc1ccc2oc(N3[C@@H]4COC[C@H]3c3sc(NC(=O)N[C@H](C)CO)nc3C4)nc2c1. The van der Waals surface area contributed by atoms with Crippen molar-refractivity contribution in [1.82, 2.24) is 15.3 Å². The quantitative estimate of drug-likeness (QED) is 0.544. The van der Waals surface area contributed by atoms with Gasteiger partial charge in [0.25, 0.3) is 6.01 Å². The molecule has 11 heteroatoms. The molecule has 3 N–H and O–H groups in total. The second-order valence-corrected chi connectivity index (χ2v) is 8.59. The lowest BCUT2D eigenvalue weighted by molar-refractivity contribution is 0.0579. The third-order valence-corrected chi connectivity index (χ3v) is 6.45. The first kappa shape index (κ1) is 16.8. The van der Waals surface area contributed by atoms with Gasteiger partial charge in [0, 0.05) is 12.5 Å². The van der Waals surface area contributed by atoms with Gasteiger partial charge in [0.15, 0.2) is 10.7 Å². The molecule has 4 heterocycles. The van der Waals surface area contributed by atoms with Crippen LogP contribution in [-0.4, -0.2) is 60.0 Å². The highest BCUT2D eigenvalue weighted by molar-refractivity contribution is 7.16. The molecule has 2 bridgehead atoms. The Kier molecular flexibility index (Phi) is 4.32. The van der Waals surface area contributed by atoms with Gasteiger partial charge in [-0.25, -0.2) is 9.78 Å². The van der Waals surface area contributed by atoms with Gasteiger partial charge in [-0.1, -0.05) is 11.3 Å². The first-order valence-corrected chi connectivity index (χ1v) is 10.7. The van der Waals surface area contributed by atoms with E-state index < -0.39 is 13.1 Å². The summed E-state index contributed by atoms with van der Waals surface area (Å²) in [5.41, 5.74) is 1.90. The second kappa shape index (κ2) is 7.98. The number of hydrogen-bond acceptors (Lipinski definition) is 9. The number of nitrogens with one attached hydrogen (secondary N) is 2. The predicted octanol–water partition coefficient (Wildman–Crippen LogP) is 2.30. The fourth-order valence-corrected chi connectivity index (χ4v) is 4.97. The molecule has 0 spiro atoms. The number of nitrogens with zero attached hydrogens (tertiary/aromatic N) is 3. The number of aromatic nitrogens is 2. The number of anilines is 2. The standard InChI is InChI=1S/C20H23N5O5S/c1-10(7-26)21-18(27)24-19-22-14-5-11-8-29-9-15(17(14)31-19)25(11)20-23-13-6-12(28-2)3-4-16(13)30-20/h3-4,6,10-11,15,26H,5,7-9H2,1-2H3,(H2,21,22,24,27)/t10-,11+,15+/m1/s1/i2D3. The number of morpholine rings is 1. The van der Waals surface area contributed by atoms with E-state index in [1.165, 1.54) is 23.5 Å². The minimum atomic E-state index is -2.55. The lowest BCUT2D eigenvalue weighted by atomic mass is 9.97. The number of hydrogen-bond donors (Lipinski definition) is 3. The molecule has 164 valence electrons. The van der Waals surface area contributed by atoms with Crippen LogP contribution in [0, 0.1) is 0 Å². The fourth-order valence-electron chi connectivity index (χ4n) is 3.90. The molecule has 1 fully saturated rings. The highest BCUT2D eigenvalue weighted by Crippen LogP contribution is 2.43. The van der Waals surface area contributed by atoms with Crippen molar-refractivity contribution in [2.75, 3.05) is 37.1 Å². The Morgan fingerprint density at radius 3 is 3.23 bits per heavy atom. The van der Waals surface area contributed by atoms with Crippen molar-refractivity contribution in [3.63, 3.8) is 0 Å². The Bertz CT molecular complexity index is 1220. The maximum absolute atomic E-state index is 12.1. The molecule has 0 unspecified atom stereocenters. The number of amides is 2.